The molecular weight excluding hydrogens is 403 g/mol. The van der Waals surface area contributed by atoms with Gasteiger partial charge in [0.2, 0.25) is 0 Å². The van der Waals surface area contributed by atoms with Gasteiger partial charge < -0.3 is 14.4 Å². The van der Waals surface area contributed by atoms with Crippen molar-refractivity contribution in [2.45, 2.75) is 46.4 Å². The van der Waals surface area contributed by atoms with Crippen molar-refractivity contribution < 1.29 is 14.2 Å². The smallest absolute Gasteiger partial charge is 0.123 e. The lowest BCUT2D eigenvalue weighted by molar-refractivity contribution is 0.0629. The first kappa shape index (κ1) is 24.0. The van der Waals surface area contributed by atoms with Crippen molar-refractivity contribution >= 4 is 0 Å². The number of aliphatic hydroxyl groups is 1. The molecule has 1 unspecified atom stereocenters. The molecule has 3 rings (SSSR count). The number of nitrogens with zero attached hydrogens (tertiary/aromatic N) is 2. The van der Waals surface area contributed by atoms with Gasteiger partial charge in [-0.1, -0.05) is 44.2 Å². The van der Waals surface area contributed by atoms with Crippen molar-refractivity contribution in [1.29, 1.82) is 0 Å². The maximum Gasteiger partial charge on any atom is 0.123 e. The summed E-state index contributed by atoms with van der Waals surface area (Å²) in [5.74, 6) is 1.17. The number of ether oxygens (including phenoxy) is 1. The van der Waals surface area contributed by atoms with E-state index in [0.29, 0.717) is 19.0 Å². The molecule has 0 saturated carbocycles. The van der Waals surface area contributed by atoms with Crippen LogP contribution in [0.1, 0.15) is 37.1 Å². The highest BCUT2D eigenvalue weighted by molar-refractivity contribution is 5.31. The Morgan fingerprint density at radius 3 is 2.62 bits per heavy atom. The van der Waals surface area contributed by atoms with E-state index in [1.54, 1.807) is 12.1 Å². The molecule has 1 heterocycles. The highest BCUT2D eigenvalue weighted by atomic mass is 19.1. The molecule has 0 radical (unpaired) electrons. The standard InChI is InChI=1S/C27H35FN2O2/c1-21(2)13-15-29(19-26(31)20-32-27-12-5-4-8-22(27)3)18-25-11-7-14-30(25)17-23-9-6-10-24(28)16-23/h4-12,14,16,21,26,31H,13,15,17-20H2,1-3H3. The second-order valence-corrected chi connectivity index (χ2v) is 8.91. The van der Waals surface area contributed by atoms with Gasteiger partial charge in [-0.25, -0.2) is 4.39 Å². The minimum absolute atomic E-state index is 0.216. The number of hydrogen-bond acceptors (Lipinski definition) is 3. The van der Waals surface area contributed by atoms with E-state index in [0.717, 1.165) is 42.1 Å². The zero-order valence-corrected chi connectivity index (χ0v) is 19.4. The van der Waals surface area contributed by atoms with Gasteiger partial charge in [0.25, 0.3) is 0 Å². The zero-order chi connectivity index (χ0) is 22.9. The average Bonchev–Trinajstić information content (AvgIpc) is 3.18. The molecule has 0 aliphatic rings. The first-order valence-electron chi connectivity index (χ1n) is 11.4. The molecule has 0 bridgehead atoms. The first-order chi connectivity index (χ1) is 15.4. The van der Waals surface area contributed by atoms with E-state index in [1.807, 2.05) is 49.5 Å². The number of aliphatic hydroxyl groups excluding tert-OH is 1. The van der Waals surface area contributed by atoms with Crippen LogP contribution in [0.4, 0.5) is 4.39 Å². The molecule has 1 aromatic heterocycles. The summed E-state index contributed by atoms with van der Waals surface area (Å²) in [7, 11) is 0. The van der Waals surface area contributed by atoms with E-state index < -0.39 is 6.10 Å². The molecule has 0 aliphatic heterocycles. The highest BCUT2D eigenvalue weighted by Crippen LogP contribution is 2.17. The quantitative estimate of drug-likeness (QED) is 0.418. The second kappa shape index (κ2) is 11.8. The van der Waals surface area contributed by atoms with Gasteiger partial charge >= 0.3 is 0 Å². The average molecular weight is 439 g/mol. The fourth-order valence-corrected chi connectivity index (χ4v) is 3.74. The van der Waals surface area contributed by atoms with Crippen LogP contribution in [-0.2, 0) is 13.1 Å². The number of hydrogen-bond donors (Lipinski definition) is 1. The molecule has 2 aromatic carbocycles. The first-order valence-corrected chi connectivity index (χ1v) is 11.4. The normalized spacial score (nSPS) is 12.5. The van der Waals surface area contributed by atoms with Crippen molar-refractivity contribution in [2.24, 2.45) is 5.92 Å². The molecule has 0 spiro atoms. The third-order valence-corrected chi connectivity index (χ3v) is 5.57. The predicted octanol–water partition coefficient (Wildman–Crippen LogP) is 5.27. The molecule has 0 aliphatic carbocycles. The van der Waals surface area contributed by atoms with Gasteiger partial charge in [0, 0.05) is 31.5 Å². The Bertz CT molecular complexity index is 970. The van der Waals surface area contributed by atoms with E-state index >= 15 is 0 Å². The molecule has 172 valence electrons. The molecule has 32 heavy (non-hydrogen) atoms. The van der Waals surface area contributed by atoms with Crippen LogP contribution in [0.3, 0.4) is 0 Å². The Morgan fingerprint density at radius 2 is 1.88 bits per heavy atom. The summed E-state index contributed by atoms with van der Waals surface area (Å²) in [4.78, 5) is 2.28. The Labute approximate surface area is 191 Å². The maximum absolute atomic E-state index is 13.6. The van der Waals surface area contributed by atoms with Crippen LogP contribution >= 0.6 is 0 Å². The summed E-state index contributed by atoms with van der Waals surface area (Å²) in [5, 5.41) is 10.7. The van der Waals surface area contributed by atoms with Gasteiger partial charge in [-0.2, -0.15) is 0 Å². The van der Waals surface area contributed by atoms with Crippen LogP contribution in [0.5, 0.6) is 5.75 Å². The molecule has 3 aromatic rings. The molecular formula is C27H35FN2O2. The minimum atomic E-state index is -0.589. The van der Waals surface area contributed by atoms with E-state index in [9.17, 15) is 9.50 Å². The van der Waals surface area contributed by atoms with E-state index in [2.05, 4.69) is 29.4 Å². The largest absolute Gasteiger partial charge is 0.491 e. The summed E-state index contributed by atoms with van der Waals surface area (Å²) < 4.78 is 21.6. The van der Waals surface area contributed by atoms with Crippen LogP contribution in [0, 0.1) is 18.7 Å². The van der Waals surface area contributed by atoms with Gasteiger partial charge in [0.15, 0.2) is 0 Å². The number of aryl methyl sites for hydroxylation is 1. The van der Waals surface area contributed by atoms with Crippen molar-refractivity contribution in [3.8, 4) is 5.75 Å². The minimum Gasteiger partial charge on any atom is -0.491 e. The molecule has 0 amide bonds. The Balaban J connectivity index is 1.63. The number of benzene rings is 2. The number of rotatable bonds is 12. The van der Waals surface area contributed by atoms with Gasteiger partial charge in [0.1, 0.15) is 24.3 Å². The Morgan fingerprint density at radius 1 is 1.06 bits per heavy atom. The van der Waals surface area contributed by atoms with E-state index in [-0.39, 0.29) is 12.4 Å². The Kier molecular flexibility index (Phi) is 8.89. The van der Waals surface area contributed by atoms with Crippen LogP contribution in [-0.4, -0.2) is 40.4 Å². The predicted molar refractivity (Wildman–Crippen MR) is 127 cm³/mol. The molecule has 5 heteroatoms. The molecule has 1 N–H and O–H groups in total. The summed E-state index contributed by atoms with van der Waals surface area (Å²) in [6.45, 7) is 9.45. The SMILES string of the molecule is Cc1ccccc1OCC(O)CN(CCC(C)C)Cc1cccn1Cc1cccc(F)c1. The van der Waals surface area contributed by atoms with Gasteiger partial charge in [-0.15, -0.1) is 0 Å². The molecule has 0 fully saturated rings. The van der Waals surface area contributed by atoms with Gasteiger partial charge in [-0.3, -0.25) is 4.90 Å². The monoisotopic (exact) mass is 438 g/mol. The van der Waals surface area contributed by atoms with Crippen LogP contribution < -0.4 is 4.74 Å². The van der Waals surface area contributed by atoms with Gasteiger partial charge in [-0.05, 0) is 67.3 Å². The highest BCUT2D eigenvalue weighted by Gasteiger charge is 2.16. The van der Waals surface area contributed by atoms with Crippen LogP contribution in [0.15, 0.2) is 66.9 Å². The van der Waals surface area contributed by atoms with Crippen molar-refractivity contribution in [1.82, 2.24) is 9.47 Å². The Hall–Kier alpha value is -2.63. The number of aromatic nitrogens is 1. The maximum atomic E-state index is 13.6. The summed E-state index contributed by atoms with van der Waals surface area (Å²) in [5.41, 5.74) is 3.14. The lowest BCUT2D eigenvalue weighted by Gasteiger charge is -2.26. The summed E-state index contributed by atoms with van der Waals surface area (Å²) in [6, 6.07) is 18.7. The molecule has 1 atom stereocenters. The van der Waals surface area contributed by atoms with E-state index in [1.165, 1.54) is 6.07 Å². The van der Waals surface area contributed by atoms with Crippen LogP contribution in [0.2, 0.25) is 0 Å². The fraction of sp³-hybridized carbons (Fsp3) is 0.407. The number of halogens is 1. The lowest BCUT2D eigenvalue weighted by Crippen LogP contribution is -2.36. The second-order valence-electron chi connectivity index (χ2n) is 8.91. The van der Waals surface area contributed by atoms with Gasteiger partial charge in [0.05, 0.1) is 0 Å². The van der Waals surface area contributed by atoms with Crippen molar-refractivity contribution in [2.75, 3.05) is 19.7 Å². The number of para-hydroxylation sites is 1. The fourth-order valence-electron chi connectivity index (χ4n) is 3.74. The third kappa shape index (κ3) is 7.50. The van der Waals surface area contributed by atoms with Crippen LogP contribution in [0.25, 0.3) is 0 Å². The third-order valence-electron chi connectivity index (χ3n) is 5.57. The van der Waals surface area contributed by atoms with E-state index in [4.69, 9.17) is 4.74 Å². The summed E-state index contributed by atoms with van der Waals surface area (Å²) >= 11 is 0. The topological polar surface area (TPSA) is 37.6 Å². The lowest BCUT2D eigenvalue weighted by atomic mass is 10.1. The zero-order valence-electron chi connectivity index (χ0n) is 19.4. The molecule has 0 saturated heterocycles. The van der Waals surface area contributed by atoms with Crippen molar-refractivity contribution in [3.05, 3.63) is 89.5 Å². The van der Waals surface area contributed by atoms with Crippen molar-refractivity contribution in [3.63, 3.8) is 0 Å². The molecule has 4 nitrogen and oxygen atoms in total. The summed E-state index contributed by atoms with van der Waals surface area (Å²) in [6.07, 6.45) is 2.49.